The van der Waals surface area contributed by atoms with Gasteiger partial charge in [-0.2, -0.15) is 0 Å². The number of aromatic nitrogens is 1. The average molecular weight is 652 g/mol. The van der Waals surface area contributed by atoms with Gasteiger partial charge < -0.3 is 24.8 Å². The van der Waals surface area contributed by atoms with E-state index in [0.29, 0.717) is 11.4 Å². The number of allylic oxidation sites excluding steroid dienone is 4. The highest BCUT2D eigenvalue weighted by atomic mass is 16.4. The minimum absolute atomic E-state index is 0.190. The maximum Gasteiger partial charge on any atom is 0.336 e. The Hall–Kier alpha value is -6.48. The average Bonchev–Trinajstić information content (AvgIpc) is 3.34. The van der Waals surface area contributed by atoms with Crippen molar-refractivity contribution in [3.63, 3.8) is 0 Å². The quantitative estimate of drug-likeness (QED) is 0.203. The molecule has 0 atom stereocenters. The second-order valence-electron chi connectivity index (χ2n) is 11.5. The van der Waals surface area contributed by atoms with Crippen molar-refractivity contribution >= 4 is 47.0 Å². The van der Waals surface area contributed by atoms with Crippen LogP contribution in [0.4, 0.5) is 0 Å². The van der Waals surface area contributed by atoms with Crippen molar-refractivity contribution in [1.82, 2.24) is 15.2 Å². The van der Waals surface area contributed by atoms with E-state index in [-0.39, 0.29) is 17.0 Å². The maximum atomic E-state index is 13.0. The highest BCUT2D eigenvalue weighted by Gasteiger charge is 2.19. The van der Waals surface area contributed by atoms with Crippen LogP contribution in [0.2, 0.25) is 0 Å². The minimum atomic E-state index is -1.23. The topological polar surface area (TPSA) is 133 Å². The van der Waals surface area contributed by atoms with Gasteiger partial charge in [0.25, 0.3) is 5.91 Å². The second kappa shape index (κ2) is 14.5. The summed E-state index contributed by atoms with van der Waals surface area (Å²) in [5.74, 6) is -2.70. The van der Waals surface area contributed by atoms with E-state index in [1.807, 2.05) is 66.8 Å². The first kappa shape index (κ1) is 32.5. The van der Waals surface area contributed by atoms with Crippen LogP contribution < -0.4 is 16.1 Å². The van der Waals surface area contributed by atoms with Gasteiger partial charge in [0, 0.05) is 47.9 Å². The van der Waals surface area contributed by atoms with Crippen molar-refractivity contribution in [3.8, 4) is 0 Å². The number of furan rings is 1. The largest absolute Gasteiger partial charge is 0.478 e. The Morgan fingerprint density at radius 1 is 0.816 bits per heavy atom. The summed E-state index contributed by atoms with van der Waals surface area (Å²) in [6.07, 6.45) is 13.7. The van der Waals surface area contributed by atoms with Gasteiger partial charge in [-0.15, -0.1) is 0 Å². The molecule has 9 heteroatoms. The number of rotatable bonds is 8. The monoisotopic (exact) mass is 651 g/mol. The van der Waals surface area contributed by atoms with Gasteiger partial charge in [-0.1, -0.05) is 72.8 Å². The SMILES string of the molecule is CN(CCc1ccccc1)C1=CC=c2oc3c(c2C1)C=C(NC(=O)c1ccc2ccccc2n1)C=CC=3.O=C(O)c1ccccc1C(=O)O. The predicted molar refractivity (Wildman–Crippen MR) is 188 cm³/mol. The molecule has 3 aromatic carbocycles. The number of likely N-dealkylation sites (N-methyl/N-ethyl adjacent to an activating group) is 1. The van der Waals surface area contributed by atoms with Gasteiger partial charge in [0.15, 0.2) is 0 Å². The Balaban J connectivity index is 0.000000295. The van der Waals surface area contributed by atoms with E-state index < -0.39 is 11.9 Å². The van der Waals surface area contributed by atoms with Gasteiger partial charge in [0.1, 0.15) is 16.5 Å². The van der Waals surface area contributed by atoms with E-state index in [2.05, 4.69) is 52.6 Å². The molecule has 1 amide bonds. The summed E-state index contributed by atoms with van der Waals surface area (Å²) in [6, 6.07) is 27.5. The van der Waals surface area contributed by atoms with Gasteiger partial charge in [-0.25, -0.2) is 14.6 Å². The molecule has 3 N–H and O–H groups in total. The zero-order chi connectivity index (χ0) is 34.3. The summed E-state index contributed by atoms with van der Waals surface area (Å²) in [5, 5.41) is 21.1. The van der Waals surface area contributed by atoms with Crippen molar-refractivity contribution < 1.29 is 29.0 Å². The number of hydrogen-bond donors (Lipinski definition) is 3. The molecule has 0 aliphatic heterocycles. The Morgan fingerprint density at radius 3 is 2.24 bits per heavy atom. The van der Waals surface area contributed by atoms with E-state index >= 15 is 0 Å². The zero-order valence-electron chi connectivity index (χ0n) is 26.7. The van der Waals surface area contributed by atoms with E-state index in [1.165, 1.54) is 35.5 Å². The number of nitrogens with one attached hydrogen (secondary N) is 1. The molecule has 2 aliphatic rings. The molecule has 2 aliphatic carbocycles. The number of amides is 1. The lowest BCUT2D eigenvalue weighted by atomic mass is 10.0. The fraction of sp³-hybridized carbons (Fsp3) is 0.100. The second-order valence-corrected chi connectivity index (χ2v) is 11.5. The number of nitrogens with zero attached hydrogens (tertiary/aromatic N) is 2. The number of carboxylic acid groups (broad SMARTS) is 2. The third kappa shape index (κ3) is 7.58. The fourth-order valence-corrected chi connectivity index (χ4v) is 5.64. The number of pyridine rings is 1. The van der Waals surface area contributed by atoms with Gasteiger partial charge in [-0.05, 0) is 66.6 Å². The molecule has 5 aromatic rings. The van der Waals surface area contributed by atoms with Gasteiger partial charge in [0.05, 0.1) is 16.6 Å². The molecule has 2 aromatic heterocycles. The van der Waals surface area contributed by atoms with Crippen LogP contribution in [0.5, 0.6) is 0 Å². The lowest BCUT2D eigenvalue weighted by Gasteiger charge is -2.24. The van der Waals surface area contributed by atoms with Gasteiger partial charge in [0.2, 0.25) is 0 Å². The molecule has 2 heterocycles. The lowest BCUT2D eigenvalue weighted by Crippen LogP contribution is -2.25. The number of para-hydroxylation sites is 1. The van der Waals surface area contributed by atoms with Gasteiger partial charge in [-0.3, -0.25) is 4.79 Å². The molecule has 49 heavy (non-hydrogen) atoms. The standard InChI is InChI=1S/C32H27N3O2.C8H6O4/c1-35(19-18-22-8-3-2-4-9-22)25-15-17-31-27(21-25)26-20-24(11-7-13-30(26)37-31)33-32(36)29-16-14-23-10-5-6-12-28(23)34-29;9-7(10)5-3-1-2-4-6(5)8(11)12/h2-17,20H,18-19,21H2,1H3,(H,33,36);1-4H,(H,9,10)(H,11,12). The molecular weight excluding hydrogens is 618 g/mol. The Labute approximate surface area is 282 Å². The van der Waals surface area contributed by atoms with Crippen LogP contribution in [0.1, 0.15) is 47.9 Å². The van der Waals surface area contributed by atoms with E-state index in [9.17, 15) is 14.4 Å². The predicted octanol–water partition coefficient (Wildman–Crippen LogP) is 5.43. The van der Waals surface area contributed by atoms with Crippen molar-refractivity contribution in [3.05, 3.63) is 165 Å². The summed E-state index contributed by atoms with van der Waals surface area (Å²) in [6.45, 7) is 0.933. The summed E-state index contributed by atoms with van der Waals surface area (Å²) in [7, 11) is 2.14. The van der Waals surface area contributed by atoms with Crippen molar-refractivity contribution in [2.24, 2.45) is 0 Å². The van der Waals surface area contributed by atoms with Crippen molar-refractivity contribution in [2.75, 3.05) is 13.6 Å². The Bertz CT molecular complexity index is 2250. The first-order valence-electron chi connectivity index (χ1n) is 15.7. The van der Waals surface area contributed by atoms with E-state index in [0.717, 1.165) is 52.2 Å². The van der Waals surface area contributed by atoms with Crippen LogP contribution in [0.3, 0.4) is 0 Å². The van der Waals surface area contributed by atoms with Crippen molar-refractivity contribution in [1.29, 1.82) is 0 Å². The lowest BCUT2D eigenvalue weighted by molar-refractivity contribution is 0.0651. The number of fused-ring (bicyclic) bond motifs is 4. The molecule has 0 saturated heterocycles. The number of aromatic carboxylic acids is 2. The number of carbonyl (C=O) groups is 3. The zero-order valence-corrected chi connectivity index (χ0v) is 26.7. The van der Waals surface area contributed by atoms with Crippen LogP contribution in [0.25, 0.3) is 29.1 Å². The highest BCUT2D eigenvalue weighted by molar-refractivity contribution is 6.01. The highest BCUT2D eigenvalue weighted by Crippen LogP contribution is 2.19. The smallest absolute Gasteiger partial charge is 0.336 e. The number of benzene rings is 3. The molecular formula is C40H33N3O6. The number of carboxylic acids is 2. The summed E-state index contributed by atoms with van der Waals surface area (Å²) < 4.78 is 6.16. The first-order chi connectivity index (χ1) is 23.8. The first-order valence-corrected chi connectivity index (χ1v) is 15.7. The normalized spacial score (nSPS) is 12.8. The van der Waals surface area contributed by atoms with Crippen LogP contribution in [-0.2, 0) is 12.8 Å². The molecule has 0 unspecified atom stereocenters. The van der Waals surface area contributed by atoms with E-state index in [1.54, 1.807) is 6.07 Å². The summed E-state index contributed by atoms with van der Waals surface area (Å²) in [4.78, 5) is 40.8. The molecule has 0 fully saturated rings. The molecule has 0 radical (unpaired) electrons. The summed E-state index contributed by atoms with van der Waals surface area (Å²) in [5.41, 5.74) is 7.88. The third-order valence-electron chi connectivity index (χ3n) is 8.26. The maximum absolute atomic E-state index is 13.0. The minimum Gasteiger partial charge on any atom is -0.478 e. The number of carbonyl (C=O) groups excluding carboxylic acids is 1. The van der Waals surface area contributed by atoms with Crippen LogP contribution in [0.15, 0.2) is 125 Å². The third-order valence-corrected chi connectivity index (χ3v) is 8.26. The Kier molecular flexibility index (Phi) is 9.62. The van der Waals surface area contributed by atoms with Crippen LogP contribution >= 0.6 is 0 Å². The van der Waals surface area contributed by atoms with Crippen LogP contribution in [-0.4, -0.2) is 51.5 Å². The summed E-state index contributed by atoms with van der Waals surface area (Å²) >= 11 is 0. The fourth-order valence-electron chi connectivity index (χ4n) is 5.64. The molecule has 244 valence electrons. The molecule has 0 saturated carbocycles. The molecule has 0 bridgehead atoms. The van der Waals surface area contributed by atoms with Gasteiger partial charge >= 0.3 is 11.9 Å². The van der Waals surface area contributed by atoms with Crippen molar-refractivity contribution in [2.45, 2.75) is 12.8 Å². The van der Waals surface area contributed by atoms with Crippen LogP contribution in [0, 0.1) is 0 Å². The Morgan fingerprint density at radius 2 is 1.51 bits per heavy atom. The van der Waals surface area contributed by atoms with E-state index in [4.69, 9.17) is 14.6 Å². The molecule has 0 spiro atoms. The number of hydrogen-bond acceptors (Lipinski definition) is 6. The molecule has 7 rings (SSSR count). The molecule has 9 nitrogen and oxygen atoms in total.